The number of nitrogens with two attached hydrogens (primary N) is 1. The van der Waals surface area contributed by atoms with Gasteiger partial charge in [-0.25, -0.2) is 0 Å². The first-order valence-corrected chi connectivity index (χ1v) is 16.2. The van der Waals surface area contributed by atoms with E-state index in [-0.39, 0.29) is 35.0 Å². The summed E-state index contributed by atoms with van der Waals surface area (Å²) in [5, 5.41) is 11.8. The summed E-state index contributed by atoms with van der Waals surface area (Å²) in [7, 11) is 0. The molecule has 2 unspecified atom stereocenters. The monoisotopic (exact) mass is 627 g/mol. The Kier molecular flexibility index (Phi) is 7.36. The van der Waals surface area contributed by atoms with Crippen LogP contribution in [0, 0.1) is 11.8 Å². The van der Waals surface area contributed by atoms with Crippen LogP contribution in [0.4, 0.5) is 0 Å². The molecule has 3 heterocycles. The zero-order chi connectivity index (χ0) is 33.6. The van der Waals surface area contributed by atoms with Crippen molar-refractivity contribution in [3.05, 3.63) is 69.4 Å². The van der Waals surface area contributed by atoms with E-state index in [9.17, 15) is 19.5 Å². The van der Waals surface area contributed by atoms with Gasteiger partial charge in [0.1, 0.15) is 28.4 Å². The van der Waals surface area contributed by atoms with E-state index in [2.05, 4.69) is 19.9 Å². The number of ketones is 2. The molecule has 0 aromatic heterocycles. The van der Waals surface area contributed by atoms with Gasteiger partial charge < -0.3 is 25.1 Å². The second-order valence-electron chi connectivity index (χ2n) is 14.8. The van der Waals surface area contributed by atoms with Crippen molar-refractivity contribution in [3.63, 3.8) is 0 Å². The van der Waals surface area contributed by atoms with Crippen molar-refractivity contribution in [1.82, 2.24) is 0 Å². The van der Waals surface area contributed by atoms with Gasteiger partial charge in [-0.15, -0.1) is 0 Å². The number of phenolic OH excluding ortho intramolecular Hbond substituents is 1. The highest BCUT2D eigenvalue weighted by atomic mass is 16.6. The summed E-state index contributed by atoms with van der Waals surface area (Å²) in [4.78, 5) is 41.1. The molecule has 244 valence electrons. The number of aromatic hydroxyl groups is 1. The average Bonchev–Trinajstić information content (AvgIpc) is 3.24. The highest BCUT2D eigenvalue weighted by molar-refractivity contribution is 6.18. The van der Waals surface area contributed by atoms with Gasteiger partial charge in [0.2, 0.25) is 5.91 Å². The number of allylic oxidation sites excluding steroid dienone is 5. The number of hydrogen-bond acceptors (Lipinski definition) is 7. The Morgan fingerprint density at radius 2 is 1.72 bits per heavy atom. The minimum absolute atomic E-state index is 0.0128. The molecular formula is C38H45NO7. The maximum Gasteiger partial charge on any atom is 0.244 e. The lowest BCUT2D eigenvalue weighted by atomic mass is 9.64. The van der Waals surface area contributed by atoms with Gasteiger partial charge in [-0.3, -0.25) is 14.4 Å². The molecule has 1 saturated heterocycles. The minimum atomic E-state index is -1.57. The number of carbonyl (C=O) groups is 3. The summed E-state index contributed by atoms with van der Waals surface area (Å²) in [5.74, 6) is -1.56. The van der Waals surface area contributed by atoms with E-state index in [0.29, 0.717) is 47.3 Å². The van der Waals surface area contributed by atoms with Gasteiger partial charge in [-0.05, 0) is 93.2 Å². The topological polar surface area (TPSA) is 125 Å². The van der Waals surface area contributed by atoms with Crippen molar-refractivity contribution >= 4 is 23.5 Å². The Labute approximate surface area is 271 Å². The molecule has 5 aliphatic rings. The van der Waals surface area contributed by atoms with Crippen LogP contribution in [-0.4, -0.2) is 45.0 Å². The van der Waals surface area contributed by atoms with E-state index in [0.717, 1.165) is 12.0 Å². The first-order valence-electron chi connectivity index (χ1n) is 16.2. The highest BCUT2D eigenvalue weighted by Crippen LogP contribution is 2.70. The van der Waals surface area contributed by atoms with Gasteiger partial charge in [0.15, 0.2) is 22.8 Å². The second-order valence-corrected chi connectivity index (χ2v) is 14.8. The summed E-state index contributed by atoms with van der Waals surface area (Å²) >= 11 is 0. The number of amides is 1. The van der Waals surface area contributed by atoms with Crippen molar-refractivity contribution in [3.8, 4) is 17.2 Å². The van der Waals surface area contributed by atoms with Crippen LogP contribution in [0.5, 0.6) is 17.2 Å². The number of phenols is 1. The standard InChI is InChI=1S/C38H45NO7/c1-20(2)10-9-17-36(8)18-16-23-28(40)27-29(41)26-14-13-25-32-35(6,7)46-37(33(25)42,19-15-22(5)34(39)43)38(26,32)45-31(27)24(30(23)44-36)12-11-21(3)4/h10-11,14-16,18,25,32,40H,9,12-13,17,19H2,1-8H3,(H2,39,43)/b22-15-/t25?,32-,36-,37+,38?/m1/s1. The molecule has 1 aromatic rings. The molecule has 8 nitrogen and oxygen atoms in total. The Morgan fingerprint density at radius 1 is 1.02 bits per heavy atom. The Morgan fingerprint density at radius 3 is 2.37 bits per heavy atom. The lowest BCUT2D eigenvalue weighted by molar-refractivity contribution is -0.172. The Hall–Kier alpha value is -3.91. The first kappa shape index (κ1) is 32.0. The Bertz CT molecular complexity index is 1730. The molecule has 1 saturated carbocycles. The van der Waals surface area contributed by atoms with Crippen molar-refractivity contribution in [2.45, 2.75) is 110 Å². The smallest absolute Gasteiger partial charge is 0.244 e. The number of hydrogen-bond donors (Lipinski definition) is 2. The number of fused-ring (bicyclic) bond motifs is 2. The van der Waals surface area contributed by atoms with Crippen LogP contribution in [0.1, 0.15) is 103 Å². The molecule has 2 aliphatic carbocycles. The SMILES string of the molecule is CC(C)=CCC[C@]1(C)C=Cc2c(O)c3c(c(CC=C(C)C)c2O1)OC12C(=CCC4C(=O)[C@]1(C/C=C(/C)C(N)=O)OC(C)(C)[C@@H]42)C3=O. The lowest BCUT2D eigenvalue weighted by Gasteiger charge is -2.46. The van der Waals surface area contributed by atoms with E-state index in [4.69, 9.17) is 19.9 Å². The van der Waals surface area contributed by atoms with E-state index < -0.39 is 40.1 Å². The molecule has 46 heavy (non-hydrogen) atoms. The van der Waals surface area contributed by atoms with E-state index in [1.54, 1.807) is 19.1 Å². The predicted octanol–water partition coefficient (Wildman–Crippen LogP) is 6.64. The molecule has 1 amide bonds. The number of ether oxygens (including phenoxy) is 3. The molecular weight excluding hydrogens is 582 g/mol. The molecule has 6 rings (SSSR count). The third kappa shape index (κ3) is 4.39. The van der Waals surface area contributed by atoms with Gasteiger partial charge in [0.05, 0.1) is 11.2 Å². The van der Waals surface area contributed by atoms with Crippen molar-refractivity contribution in [2.24, 2.45) is 17.6 Å². The third-order valence-corrected chi connectivity index (χ3v) is 10.5. The summed E-state index contributed by atoms with van der Waals surface area (Å²) in [6, 6.07) is 0. The zero-order valence-corrected chi connectivity index (χ0v) is 28.1. The Balaban J connectivity index is 1.59. The molecule has 0 radical (unpaired) electrons. The highest BCUT2D eigenvalue weighted by Gasteiger charge is 2.84. The molecule has 2 fully saturated rings. The molecule has 3 N–H and O–H groups in total. The third-order valence-electron chi connectivity index (χ3n) is 10.5. The minimum Gasteiger partial charge on any atom is -0.506 e. The van der Waals surface area contributed by atoms with E-state index in [1.807, 2.05) is 52.8 Å². The molecule has 1 aromatic carbocycles. The number of rotatable bonds is 8. The van der Waals surface area contributed by atoms with Crippen LogP contribution in [0.3, 0.4) is 0 Å². The fourth-order valence-electron chi connectivity index (χ4n) is 8.42. The average molecular weight is 628 g/mol. The van der Waals surface area contributed by atoms with E-state index >= 15 is 0 Å². The fraction of sp³-hybridized carbons (Fsp3) is 0.500. The lowest BCUT2D eigenvalue weighted by Crippen LogP contribution is -2.61. The maximum atomic E-state index is 14.7. The quantitative estimate of drug-likeness (QED) is 0.245. The van der Waals surface area contributed by atoms with Gasteiger partial charge in [-0.2, -0.15) is 0 Å². The largest absolute Gasteiger partial charge is 0.506 e. The van der Waals surface area contributed by atoms with Gasteiger partial charge in [0.25, 0.3) is 0 Å². The number of carbonyl (C=O) groups excluding carboxylic acids is 3. The first-order chi connectivity index (χ1) is 21.5. The van der Waals surface area contributed by atoms with Crippen LogP contribution in [-0.2, 0) is 20.7 Å². The van der Waals surface area contributed by atoms with Gasteiger partial charge in [-0.1, -0.05) is 35.5 Å². The summed E-state index contributed by atoms with van der Waals surface area (Å²) < 4.78 is 20.6. The molecule has 1 spiro atoms. The summed E-state index contributed by atoms with van der Waals surface area (Å²) in [6.07, 6.45) is 13.7. The van der Waals surface area contributed by atoms with Crippen LogP contribution in [0.2, 0.25) is 0 Å². The van der Waals surface area contributed by atoms with Crippen molar-refractivity contribution in [1.29, 1.82) is 0 Å². The summed E-state index contributed by atoms with van der Waals surface area (Å²) in [6.45, 7) is 15.6. The number of benzene rings is 1. The predicted molar refractivity (Wildman–Crippen MR) is 176 cm³/mol. The zero-order valence-electron chi connectivity index (χ0n) is 28.1. The maximum absolute atomic E-state index is 14.7. The second kappa shape index (κ2) is 10.6. The van der Waals surface area contributed by atoms with Gasteiger partial charge in [0, 0.05) is 35.0 Å². The van der Waals surface area contributed by atoms with Crippen LogP contribution in [0.15, 0.2) is 52.7 Å². The molecule has 4 bridgehead atoms. The van der Waals surface area contributed by atoms with Crippen LogP contribution >= 0.6 is 0 Å². The van der Waals surface area contributed by atoms with E-state index in [1.165, 1.54) is 5.57 Å². The molecule has 5 atom stereocenters. The van der Waals surface area contributed by atoms with Crippen LogP contribution in [0.25, 0.3) is 6.08 Å². The molecule has 3 aliphatic heterocycles. The normalized spacial score (nSPS) is 31.2. The van der Waals surface area contributed by atoms with Crippen LogP contribution < -0.4 is 15.2 Å². The van der Waals surface area contributed by atoms with Gasteiger partial charge >= 0.3 is 0 Å². The molecule has 8 heteroatoms. The number of primary amides is 1. The summed E-state index contributed by atoms with van der Waals surface area (Å²) in [5.41, 5.74) is 5.09. The fourth-order valence-corrected chi connectivity index (χ4v) is 8.42. The van der Waals surface area contributed by atoms with Crippen molar-refractivity contribution < 1.29 is 33.7 Å². The van der Waals surface area contributed by atoms with Crippen molar-refractivity contribution in [2.75, 3.05) is 0 Å². The number of Topliss-reactive ketones (excluding diaryl/α,β-unsaturated/α-hetero) is 2.